The fourth-order valence-corrected chi connectivity index (χ4v) is 8.87. The number of phenolic OH excluding ortho intramolecular Hbond substituents is 1. The van der Waals surface area contributed by atoms with Gasteiger partial charge in [0.15, 0.2) is 17.5 Å². The molecule has 9 rings (SSSR count). The third kappa shape index (κ3) is 5.18. The number of nitrogens with zero attached hydrogens (tertiary/aromatic N) is 5. The molecule has 0 spiro atoms. The Morgan fingerprint density at radius 1 is 0.894 bits per heavy atom. The van der Waals surface area contributed by atoms with Gasteiger partial charge in [0.1, 0.15) is 17.1 Å². The number of hydrogen-bond donors (Lipinski definition) is 2. The molecule has 8 nitrogen and oxygen atoms in total. The van der Waals surface area contributed by atoms with Gasteiger partial charge in [0.2, 0.25) is 0 Å². The predicted molar refractivity (Wildman–Crippen MR) is 174 cm³/mol. The number of aromatic hydroxyl groups is 1. The van der Waals surface area contributed by atoms with Crippen LogP contribution in [0.2, 0.25) is 0 Å². The molecule has 2 N–H and O–H groups in total. The molecule has 4 aromatic rings. The first-order valence-electron chi connectivity index (χ1n) is 16.9. The normalized spacial score (nSPS) is 26.9. The van der Waals surface area contributed by atoms with Gasteiger partial charge in [0.05, 0.1) is 6.61 Å². The first-order chi connectivity index (χ1) is 22.7. The number of piperazine rings is 1. The number of halogens is 3. The van der Waals surface area contributed by atoms with Crippen molar-refractivity contribution >= 4 is 27.5 Å². The molecule has 3 aromatic carbocycles. The Bertz CT molecular complexity index is 1880. The molecule has 0 radical (unpaired) electrons. The number of fused-ring (bicyclic) bond motifs is 5. The van der Waals surface area contributed by atoms with Gasteiger partial charge in [-0.3, -0.25) is 0 Å². The molecule has 0 amide bonds. The molecule has 4 saturated heterocycles. The Kier molecular flexibility index (Phi) is 6.85. The van der Waals surface area contributed by atoms with Crippen LogP contribution in [0, 0.1) is 34.7 Å². The average Bonchev–Trinajstić information content (AvgIpc) is 3.41. The van der Waals surface area contributed by atoms with Gasteiger partial charge in [0.25, 0.3) is 0 Å². The lowest BCUT2D eigenvalue weighted by Crippen LogP contribution is -2.51. The maximum atomic E-state index is 16.8. The van der Waals surface area contributed by atoms with Gasteiger partial charge in [-0.25, -0.2) is 13.2 Å². The van der Waals surface area contributed by atoms with Crippen molar-refractivity contribution in [2.45, 2.75) is 37.8 Å². The van der Waals surface area contributed by atoms with E-state index in [1.807, 2.05) is 0 Å². The molecule has 4 atom stereocenters. The van der Waals surface area contributed by atoms with Crippen LogP contribution in [0.15, 0.2) is 36.4 Å². The summed E-state index contributed by atoms with van der Waals surface area (Å²) in [6, 6.07) is 9.06. The Hall–Kier alpha value is -3.67. The summed E-state index contributed by atoms with van der Waals surface area (Å²) in [5, 5.41) is 14.8. The van der Waals surface area contributed by atoms with Gasteiger partial charge in [-0.2, -0.15) is 9.97 Å². The number of anilines is 1. The molecule has 47 heavy (non-hydrogen) atoms. The zero-order valence-corrected chi connectivity index (χ0v) is 26.5. The van der Waals surface area contributed by atoms with Crippen molar-refractivity contribution in [2.24, 2.45) is 17.3 Å². The Balaban J connectivity index is 1.08. The monoisotopic (exact) mass is 644 g/mol. The highest BCUT2D eigenvalue weighted by atomic mass is 19.2. The smallest absolute Gasteiger partial charge is 0.319 e. The van der Waals surface area contributed by atoms with Gasteiger partial charge in [-0.1, -0.05) is 12.1 Å². The molecule has 5 aliphatic rings. The highest BCUT2D eigenvalue weighted by Crippen LogP contribution is 2.48. The van der Waals surface area contributed by atoms with Crippen LogP contribution in [-0.4, -0.2) is 96.4 Å². The molecule has 4 unspecified atom stereocenters. The minimum absolute atomic E-state index is 0.0165. The molecule has 246 valence electrons. The van der Waals surface area contributed by atoms with E-state index in [0.717, 1.165) is 76.3 Å². The van der Waals surface area contributed by atoms with E-state index in [0.29, 0.717) is 29.9 Å². The fraction of sp³-hybridized carbons (Fsp3) is 0.500. The van der Waals surface area contributed by atoms with Gasteiger partial charge in [-0.15, -0.1) is 0 Å². The first-order valence-corrected chi connectivity index (χ1v) is 16.9. The van der Waals surface area contributed by atoms with Crippen molar-refractivity contribution in [3.63, 3.8) is 0 Å². The first kappa shape index (κ1) is 29.5. The minimum atomic E-state index is -1.09. The second-order valence-electron chi connectivity index (χ2n) is 14.9. The number of phenols is 1. The summed E-state index contributed by atoms with van der Waals surface area (Å²) in [4.78, 5) is 16.8. The van der Waals surface area contributed by atoms with E-state index < -0.39 is 17.5 Å². The van der Waals surface area contributed by atoms with Crippen LogP contribution in [0.5, 0.6) is 11.8 Å². The topological polar surface area (TPSA) is 77.0 Å². The van der Waals surface area contributed by atoms with Crippen molar-refractivity contribution in [1.29, 1.82) is 0 Å². The highest BCUT2D eigenvalue weighted by Gasteiger charge is 2.48. The molecule has 1 aliphatic carbocycles. The molecular formula is C36H39F3N6O2. The van der Waals surface area contributed by atoms with Crippen molar-refractivity contribution in [2.75, 3.05) is 64.4 Å². The van der Waals surface area contributed by atoms with Crippen molar-refractivity contribution in [1.82, 2.24) is 25.1 Å². The van der Waals surface area contributed by atoms with Gasteiger partial charge >= 0.3 is 6.01 Å². The summed E-state index contributed by atoms with van der Waals surface area (Å²) in [7, 11) is 2.21. The minimum Gasteiger partial charge on any atom is -0.508 e. The van der Waals surface area contributed by atoms with Crippen LogP contribution in [-0.2, 0) is 0 Å². The fourth-order valence-electron chi connectivity index (χ4n) is 8.87. The van der Waals surface area contributed by atoms with E-state index in [1.54, 1.807) is 12.1 Å². The lowest BCUT2D eigenvalue weighted by atomic mass is 9.95. The maximum absolute atomic E-state index is 16.8. The van der Waals surface area contributed by atoms with E-state index in [9.17, 15) is 9.50 Å². The van der Waals surface area contributed by atoms with Crippen LogP contribution in [0.25, 0.3) is 32.8 Å². The second-order valence-corrected chi connectivity index (χ2v) is 14.9. The van der Waals surface area contributed by atoms with Crippen molar-refractivity contribution in [3.8, 4) is 22.9 Å². The summed E-state index contributed by atoms with van der Waals surface area (Å²) in [6.45, 7) is 7.50. The number of hydrogen-bond acceptors (Lipinski definition) is 8. The van der Waals surface area contributed by atoms with E-state index in [1.165, 1.54) is 31.3 Å². The Labute approximate surface area is 271 Å². The number of ether oxygens (including phenoxy) is 1. The maximum Gasteiger partial charge on any atom is 0.319 e. The van der Waals surface area contributed by atoms with Gasteiger partial charge in [0, 0.05) is 79.6 Å². The molecule has 5 fully saturated rings. The summed E-state index contributed by atoms with van der Waals surface area (Å²) in [5.74, 6) is -0.911. The second kappa shape index (κ2) is 10.9. The number of aromatic nitrogens is 2. The number of benzene rings is 3. The molecule has 2 bridgehead atoms. The summed E-state index contributed by atoms with van der Waals surface area (Å²) < 4.78 is 52.7. The van der Waals surface area contributed by atoms with Gasteiger partial charge in [-0.05, 0) is 79.8 Å². The molecular weight excluding hydrogens is 605 g/mol. The molecule has 4 aliphatic heterocycles. The lowest BCUT2D eigenvalue weighted by Gasteiger charge is -2.34. The summed E-state index contributed by atoms with van der Waals surface area (Å²) in [6.07, 6.45) is 4.31. The molecule has 11 heteroatoms. The third-order valence-electron chi connectivity index (χ3n) is 11.3. The quantitative estimate of drug-likeness (QED) is 0.286. The van der Waals surface area contributed by atoms with Crippen molar-refractivity contribution in [3.05, 3.63) is 53.8 Å². The number of likely N-dealkylation sites (tertiary alicyclic amines) is 2. The number of nitrogens with one attached hydrogen (secondary N) is 1. The van der Waals surface area contributed by atoms with Crippen molar-refractivity contribution < 1.29 is 23.0 Å². The average molecular weight is 645 g/mol. The van der Waals surface area contributed by atoms with Crippen LogP contribution < -0.4 is 15.0 Å². The van der Waals surface area contributed by atoms with Crippen LogP contribution in [0.3, 0.4) is 0 Å². The van der Waals surface area contributed by atoms with Crippen LogP contribution in [0.1, 0.15) is 25.7 Å². The Morgan fingerprint density at radius 3 is 2.36 bits per heavy atom. The molecule has 1 saturated carbocycles. The zero-order chi connectivity index (χ0) is 32.0. The SMILES string of the molecule is CN1CC2CN(CC3(COc4nc(N5CC6CCC(C5)N6)c5ccc(-c6cc(O)cc7ccc(F)c(F)c67)c(F)c5n4)CC3)CC2C1. The predicted octanol–water partition coefficient (Wildman–Crippen LogP) is 5.17. The molecule has 1 aromatic heterocycles. The van der Waals surface area contributed by atoms with Crippen LogP contribution >= 0.6 is 0 Å². The molecule has 5 heterocycles. The summed E-state index contributed by atoms with van der Waals surface area (Å²) >= 11 is 0. The van der Waals surface area contributed by atoms with E-state index in [-0.39, 0.29) is 44.6 Å². The lowest BCUT2D eigenvalue weighted by molar-refractivity contribution is 0.161. The highest BCUT2D eigenvalue weighted by molar-refractivity contribution is 6.01. The standard InChI is InChI=1S/C36H39F3N6O2/c1-43-12-21-14-44(15-22(21)13-43)18-36(8-9-36)19-47-35-41-33-27(34(42-35)45-16-23-3-4-24(17-45)40-23)6-5-26(31(33)38)28-11-25(46)10-20-2-7-29(37)32(39)30(20)28/h2,5-7,10-11,21-24,40,46H,3-4,8-9,12-19H2,1H3. The van der Waals surface area contributed by atoms with E-state index in [4.69, 9.17) is 9.72 Å². The largest absolute Gasteiger partial charge is 0.508 e. The van der Waals surface area contributed by atoms with E-state index >= 15 is 8.78 Å². The zero-order valence-electron chi connectivity index (χ0n) is 26.5. The Morgan fingerprint density at radius 2 is 1.64 bits per heavy atom. The van der Waals surface area contributed by atoms with Crippen LogP contribution in [0.4, 0.5) is 19.0 Å². The summed E-state index contributed by atoms with van der Waals surface area (Å²) in [5.41, 5.74) is 0.170. The third-order valence-corrected chi connectivity index (χ3v) is 11.3. The van der Waals surface area contributed by atoms with Gasteiger partial charge < -0.3 is 29.9 Å². The number of rotatable bonds is 7. The van der Waals surface area contributed by atoms with E-state index in [2.05, 4.69) is 32.0 Å².